The van der Waals surface area contributed by atoms with Crippen molar-refractivity contribution in [1.82, 2.24) is 0 Å². The van der Waals surface area contributed by atoms with Crippen LogP contribution in [-0.4, -0.2) is 7.11 Å². The van der Waals surface area contributed by atoms with Crippen LogP contribution < -0.4 is 0 Å². The Hall–Kier alpha value is -0.600. The molecular weight excluding hydrogens is 60.0 g/mol. The first-order chi connectivity index (χ1) is 1.91. The molecule has 0 heterocycles. The highest BCUT2D eigenvalue weighted by Crippen LogP contribution is 1.46. The summed E-state index contributed by atoms with van der Waals surface area (Å²) in [4.78, 5) is 12.1. The Balaban J connectivity index is 2.30. The fourth-order valence-electron chi connectivity index (χ4n) is 0. The van der Waals surface area contributed by atoms with Gasteiger partial charge in [-0.15, -0.1) is 0 Å². The van der Waals surface area contributed by atoms with E-state index in [0.29, 0.717) is 0 Å². The van der Waals surface area contributed by atoms with E-state index in [1.807, 2.05) is 0 Å². The molecule has 0 saturated carbocycles. The molecule has 0 radical (unpaired) electrons. The third kappa shape index (κ3) is 1.40. The molecule has 0 aromatic rings. The summed E-state index contributed by atoms with van der Waals surface area (Å²) in [5, 5.41) is 0. The van der Waals surface area contributed by atoms with Crippen molar-refractivity contribution in [2.75, 3.05) is 7.11 Å². The molecule has 0 aromatic heterocycles. The minimum atomic E-state index is 1.15. The summed E-state index contributed by atoms with van der Waals surface area (Å²) in [5.41, 5.74) is 0. The van der Waals surface area contributed by atoms with Gasteiger partial charge in [0.05, 0.1) is 0 Å². The lowest BCUT2D eigenvalue weighted by Crippen LogP contribution is -1.57. The van der Waals surface area contributed by atoms with Gasteiger partial charge in [-0.2, -0.15) is 0 Å². The highest BCUT2D eigenvalue weighted by atomic mass is 17.3. The van der Waals surface area contributed by atoms with Gasteiger partial charge < -0.3 is 0 Å². The van der Waals surface area contributed by atoms with Crippen molar-refractivity contribution in [1.29, 1.82) is 0 Å². The smallest absolute Gasteiger partial charge is 0.0769 e. The van der Waals surface area contributed by atoms with Crippen LogP contribution in [0.1, 0.15) is 0 Å². The molecule has 24 valence electrons. The highest BCUT2D eigenvalue weighted by molar-refractivity contribution is 4.30. The zero-order chi connectivity index (χ0) is 3.41. The molecule has 0 aromatic carbocycles. The number of hydrogen-bond donors (Lipinski definition) is 0. The van der Waals surface area contributed by atoms with E-state index in [2.05, 4.69) is 9.63 Å². The molecule has 0 aliphatic rings. The molecule has 0 amide bonds. The summed E-state index contributed by atoms with van der Waals surface area (Å²) in [6.45, 7) is 0. The minimum absolute atomic E-state index is 1.15. The van der Waals surface area contributed by atoms with Gasteiger partial charge in [-0.1, -0.05) is 4.89 Å². The third-order valence-corrected chi connectivity index (χ3v) is 0.0680. The fraction of sp³-hybridized carbons (Fsp3) is 1.00. The minimum Gasteiger partial charge on any atom is -0.0769 e. The van der Waals surface area contributed by atoms with Gasteiger partial charge in [0, 0.05) is 0 Å². The molecule has 0 N–H and O–H groups in total. The van der Waals surface area contributed by atoms with Gasteiger partial charge in [-0.25, -0.2) is 0 Å². The molecule has 0 saturated heterocycles. The van der Waals surface area contributed by atoms with Crippen LogP contribution in [0.5, 0.6) is 0 Å². The van der Waals surface area contributed by atoms with Crippen molar-refractivity contribution in [3.8, 4) is 0 Å². The predicted molar refractivity (Wildman–Crippen MR) is 13.7 cm³/mol. The molecule has 0 spiro atoms. The second kappa shape index (κ2) is 2.40. The van der Waals surface area contributed by atoms with Gasteiger partial charge in [0.25, 0.3) is 4.96 Å². The van der Waals surface area contributed by atoms with Gasteiger partial charge in [0.15, 0.2) is 7.11 Å². The first kappa shape index (κ1) is 3.40. The molecule has 0 unspecified atom stereocenters. The first-order valence-corrected chi connectivity index (χ1v) is 0.742. The molecule has 0 aliphatic carbocycles. The molecule has 0 bridgehead atoms. The average Bonchev–Trinajstić information content (AvgIpc) is 1.37. The molecular formula is CH3O3+. The molecule has 0 aliphatic heterocycles. The third-order valence-electron chi connectivity index (χ3n) is 0.0680. The zero-order valence-corrected chi connectivity index (χ0v) is 2.22. The van der Waals surface area contributed by atoms with Crippen molar-refractivity contribution >= 4 is 0 Å². The Morgan fingerprint density at radius 2 is 2.25 bits per heavy atom. The molecule has 0 atom stereocenters. The van der Waals surface area contributed by atoms with E-state index >= 15 is 0 Å². The second-order valence-corrected chi connectivity index (χ2v) is 0.235. The van der Waals surface area contributed by atoms with Crippen molar-refractivity contribution in [3.05, 3.63) is 9.71 Å². The van der Waals surface area contributed by atoms with Crippen molar-refractivity contribution in [2.24, 2.45) is 0 Å². The Kier molecular flexibility index (Phi) is 2.04. The second-order valence-electron chi connectivity index (χ2n) is 0.235. The van der Waals surface area contributed by atoms with Crippen molar-refractivity contribution in [2.45, 2.75) is 0 Å². The maximum atomic E-state index is 8.58. The van der Waals surface area contributed by atoms with E-state index in [9.17, 15) is 0 Å². The van der Waals surface area contributed by atoms with Gasteiger partial charge in [-0.3, -0.25) is 0 Å². The topological polar surface area (TPSA) is 37.6 Å². The van der Waals surface area contributed by atoms with Crippen molar-refractivity contribution in [3.63, 3.8) is 0 Å². The lowest BCUT2D eigenvalue weighted by Gasteiger charge is -1.39. The standard InChI is InChI=1S/CH3O3/c1-3-4-2/h1H3/q+1. The largest absolute Gasteiger partial charge is 0.376 e. The molecule has 4 heavy (non-hydrogen) atoms. The Morgan fingerprint density at radius 1 is 2.00 bits per heavy atom. The molecule has 3 heteroatoms. The quantitative estimate of drug-likeness (QED) is 0.247. The maximum Gasteiger partial charge on any atom is 0.376 e. The Bertz CT molecular complexity index is 17.2. The summed E-state index contributed by atoms with van der Waals surface area (Å²) in [7, 11) is 1.15. The van der Waals surface area contributed by atoms with E-state index in [4.69, 9.17) is 4.96 Å². The Labute approximate surface area is 23.0 Å². The maximum absolute atomic E-state index is 8.58. The monoisotopic (exact) mass is 63.0 g/mol. The lowest BCUT2D eigenvalue weighted by atomic mass is 11.8. The van der Waals surface area contributed by atoms with Crippen LogP contribution in [0.4, 0.5) is 0 Å². The van der Waals surface area contributed by atoms with Crippen LogP contribution in [-0.2, 0) is 4.89 Å². The van der Waals surface area contributed by atoms with Crippen LogP contribution in [0.2, 0.25) is 0 Å². The van der Waals surface area contributed by atoms with Gasteiger partial charge in [-0.05, 0) is 0 Å². The summed E-state index contributed by atoms with van der Waals surface area (Å²) < 4.78 is 2.79. The number of rotatable bonds is 1. The molecule has 3 nitrogen and oxygen atoms in total. The first-order valence-electron chi connectivity index (χ1n) is 0.742. The average molecular weight is 63.0 g/mol. The van der Waals surface area contributed by atoms with Crippen LogP contribution in [0.15, 0.2) is 0 Å². The van der Waals surface area contributed by atoms with Gasteiger partial charge >= 0.3 is 4.75 Å². The number of hydrogen-bond acceptors (Lipinski definition) is 2. The fourth-order valence-corrected chi connectivity index (χ4v) is 0. The normalized spacial score (nSPS) is 5.25. The van der Waals surface area contributed by atoms with E-state index < -0.39 is 0 Å². The SMILES string of the molecule is CO[O+]=O. The summed E-state index contributed by atoms with van der Waals surface area (Å²) in [6, 6.07) is 0. The lowest BCUT2D eigenvalue weighted by molar-refractivity contribution is 0.326. The highest BCUT2D eigenvalue weighted by Gasteiger charge is 1.67. The van der Waals surface area contributed by atoms with E-state index in [0.717, 1.165) is 7.11 Å². The molecule has 0 rings (SSSR count). The summed E-state index contributed by atoms with van der Waals surface area (Å²) in [5.74, 6) is 0. The van der Waals surface area contributed by atoms with Crippen LogP contribution in [0.25, 0.3) is 0 Å². The van der Waals surface area contributed by atoms with Crippen molar-refractivity contribution < 1.29 is 4.89 Å². The van der Waals surface area contributed by atoms with Gasteiger partial charge in [0.2, 0.25) is 0 Å². The van der Waals surface area contributed by atoms with E-state index in [-0.39, 0.29) is 0 Å². The Morgan fingerprint density at radius 3 is 2.25 bits per heavy atom. The predicted octanol–water partition coefficient (Wildman–Crippen LogP) is 0.164. The van der Waals surface area contributed by atoms with Crippen LogP contribution in [0.3, 0.4) is 0 Å². The summed E-state index contributed by atoms with van der Waals surface area (Å²) in [6.07, 6.45) is 0. The zero-order valence-electron chi connectivity index (χ0n) is 2.22. The van der Waals surface area contributed by atoms with Gasteiger partial charge in [0.1, 0.15) is 0 Å². The van der Waals surface area contributed by atoms with Crippen LogP contribution >= 0.6 is 0 Å². The van der Waals surface area contributed by atoms with E-state index in [1.54, 1.807) is 0 Å². The molecule has 0 fully saturated rings. The van der Waals surface area contributed by atoms with E-state index in [1.165, 1.54) is 0 Å². The summed E-state index contributed by atoms with van der Waals surface area (Å²) >= 11 is 0. The van der Waals surface area contributed by atoms with Crippen LogP contribution in [0, 0.1) is 9.71 Å².